The highest BCUT2D eigenvalue weighted by molar-refractivity contribution is 6.03. The molecule has 1 atom stereocenters. The lowest BCUT2D eigenvalue weighted by Crippen LogP contribution is -2.31. The highest BCUT2D eigenvalue weighted by Crippen LogP contribution is 2.33. The minimum atomic E-state index is -0.558. The molecule has 30 heavy (non-hydrogen) atoms. The molecule has 1 aromatic heterocycles. The minimum Gasteiger partial charge on any atom is -0.497 e. The van der Waals surface area contributed by atoms with Crippen molar-refractivity contribution >= 4 is 17.6 Å². The number of methoxy groups -OCH3 is 1. The number of furan rings is 1. The van der Waals surface area contributed by atoms with Crippen LogP contribution >= 0.6 is 0 Å². The lowest BCUT2D eigenvalue weighted by molar-refractivity contribution is -0.136. The van der Waals surface area contributed by atoms with Crippen molar-refractivity contribution in [2.45, 2.75) is 12.5 Å². The van der Waals surface area contributed by atoms with E-state index in [9.17, 15) is 9.59 Å². The van der Waals surface area contributed by atoms with Crippen molar-refractivity contribution in [2.24, 2.45) is 5.10 Å². The van der Waals surface area contributed by atoms with Crippen molar-refractivity contribution < 1.29 is 23.5 Å². The molecule has 1 aliphatic rings. The maximum Gasteiger partial charge on any atom is 0.338 e. The molecule has 0 radical (unpaired) electrons. The third kappa shape index (κ3) is 4.10. The van der Waals surface area contributed by atoms with Crippen molar-refractivity contribution in [3.05, 3.63) is 89.9 Å². The molecule has 4 rings (SSSR count). The number of rotatable bonds is 6. The molecule has 7 heteroatoms. The van der Waals surface area contributed by atoms with Gasteiger partial charge in [-0.1, -0.05) is 18.2 Å². The SMILES string of the molecule is COc1ccc(C2=NN(C(=O)COC(=O)c3ccccc3)[C@H](c3ccco3)C2)cc1. The second-order valence-corrected chi connectivity index (χ2v) is 6.69. The standard InChI is InChI=1S/C23H20N2O5/c1-28-18-11-9-16(10-12-18)19-14-20(21-8-5-13-29-21)25(24-19)22(26)15-30-23(27)17-6-3-2-4-7-17/h2-13,20H,14-15H2,1H3/t20-/m0/s1. The zero-order valence-electron chi connectivity index (χ0n) is 16.4. The van der Waals surface area contributed by atoms with Crippen LogP contribution in [0.25, 0.3) is 0 Å². The second-order valence-electron chi connectivity index (χ2n) is 6.69. The summed E-state index contributed by atoms with van der Waals surface area (Å²) in [6.45, 7) is -0.412. The van der Waals surface area contributed by atoms with Crippen molar-refractivity contribution in [1.29, 1.82) is 0 Å². The summed E-state index contributed by atoms with van der Waals surface area (Å²) >= 11 is 0. The van der Waals surface area contributed by atoms with E-state index < -0.39 is 24.5 Å². The second kappa shape index (κ2) is 8.65. The Bertz CT molecular complexity index is 1040. The number of nitrogens with zero attached hydrogens (tertiary/aromatic N) is 2. The quantitative estimate of drug-likeness (QED) is 0.584. The summed E-state index contributed by atoms with van der Waals surface area (Å²) < 4.78 is 15.9. The van der Waals surface area contributed by atoms with Crippen LogP contribution in [0.1, 0.15) is 34.1 Å². The molecule has 0 aliphatic carbocycles. The Labute approximate surface area is 173 Å². The van der Waals surface area contributed by atoms with Gasteiger partial charge in [-0.25, -0.2) is 9.80 Å². The Morgan fingerprint density at radius 3 is 2.50 bits per heavy atom. The van der Waals surface area contributed by atoms with E-state index in [1.807, 2.05) is 24.3 Å². The molecule has 3 aromatic rings. The molecule has 0 saturated heterocycles. The number of hydrogen-bond acceptors (Lipinski definition) is 6. The largest absolute Gasteiger partial charge is 0.497 e. The molecule has 7 nitrogen and oxygen atoms in total. The van der Waals surface area contributed by atoms with E-state index in [2.05, 4.69) is 5.10 Å². The molecule has 0 bridgehead atoms. The summed E-state index contributed by atoms with van der Waals surface area (Å²) in [5.74, 6) is 0.368. The monoisotopic (exact) mass is 404 g/mol. The summed E-state index contributed by atoms with van der Waals surface area (Å²) in [5, 5.41) is 5.84. The van der Waals surface area contributed by atoms with Gasteiger partial charge in [-0.05, 0) is 54.1 Å². The molecule has 2 aromatic carbocycles. The Morgan fingerprint density at radius 2 is 1.83 bits per heavy atom. The number of esters is 1. The summed E-state index contributed by atoms with van der Waals surface area (Å²) in [6, 6.07) is 19.1. The van der Waals surface area contributed by atoms with Gasteiger partial charge in [0.15, 0.2) is 6.61 Å². The highest BCUT2D eigenvalue weighted by atomic mass is 16.5. The van der Waals surface area contributed by atoms with E-state index in [0.717, 1.165) is 17.0 Å². The van der Waals surface area contributed by atoms with Gasteiger partial charge in [0.1, 0.15) is 17.6 Å². The van der Waals surface area contributed by atoms with E-state index in [0.29, 0.717) is 17.7 Å². The van der Waals surface area contributed by atoms with Crippen LogP contribution in [0.5, 0.6) is 5.75 Å². The van der Waals surface area contributed by atoms with Gasteiger partial charge in [-0.2, -0.15) is 5.10 Å². The fraction of sp³-hybridized carbons (Fsp3) is 0.174. The number of amides is 1. The lowest BCUT2D eigenvalue weighted by atomic mass is 10.0. The van der Waals surface area contributed by atoms with E-state index in [1.54, 1.807) is 55.8 Å². The Balaban J connectivity index is 1.51. The first-order chi connectivity index (χ1) is 14.7. The van der Waals surface area contributed by atoms with Crippen LogP contribution in [-0.4, -0.2) is 36.3 Å². The third-order valence-corrected chi connectivity index (χ3v) is 4.80. The molecule has 1 aliphatic heterocycles. The topological polar surface area (TPSA) is 81.3 Å². The fourth-order valence-corrected chi connectivity index (χ4v) is 3.25. The first kappa shape index (κ1) is 19.4. The lowest BCUT2D eigenvalue weighted by Gasteiger charge is -2.19. The average molecular weight is 404 g/mol. The average Bonchev–Trinajstić information content (AvgIpc) is 3.48. The Kier molecular flexibility index (Phi) is 5.61. The summed E-state index contributed by atoms with van der Waals surface area (Å²) in [5.41, 5.74) is 2.00. The first-order valence-corrected chi connectivity index (χ1v) is 9.45. The number of carbonyl (C=O) groups is 2. The van der Waals surface area contributed by atoms with Crippen LogP contribution in [0.3, 0.4) is 0 Å². The predicted molar refractivity (Wildman–Crippen MR) is 109 cm³/mol. The van der Waals surface area contributed by atoms with Crippen molar-refractivity contribution in [1.82, 2.24) is 5.01 Å². The zero-order chi connectivity index (χ0) is 20.9. The number of hydrazone groups is 1. The van der Waals surface area contributed by atoms with Gasteiger partial charge >= 0.3 is 5.97 Å². The smallest absolute Gasteiger partial charge is 0.338 e. The van der Waals surface area contributed by atoms with Crippen molar-refractivity contribution in [3.63, 3.8) is 0 Å². The summed E-state index contributed by atoms with van der Waals surface area (Å²) in [4.78, 5) is 25.0. The minimum absolute atomic E-state index is 0.386. The van der Waals surface area contributed by atoms with Crippen LogP contribution in [0.2, 0.25) is 0 Å². The molecular weight excluding hydrogens is 384 g/mol. The van der Waals surface area contributed by atoms with Gasteiger partial charge in [0.05, 0.1) is 24.6 Å². The number of carbonyl (C=O) groups excluding carboxylic acids is 2. The van der Waals surface area contributed by atoms with Crippen LogP contribution in [0, 0.1) is 0 Å². The molecule has 1 amide bonds. The molecule has 0 N–H and O–H groups in total. The van der Waals surface area contributed by atoms with E-state index in [-0.39, 0.29) is 0 Å². The van der Waals surface area contributed by atoms with Crippen LogP contribution in [0.15, 0.2) is 82.5 Å². The van der Waals surface area contributed by atoms with Crippen molar-refractivity contribution in [2.75, 3.05) is 13.7 Å². The molecule has 0 unspecified atom stereocenters. The van der Waals surface area contributed by atoms with Gasteiger partial charge in [0, 0.05) is 6.42 Å². The third-order valence-electron chi connectivity index (χ3n) is 4.80. The van der Waals surface area contributed by atoms with E-state index in [4.69, 9.17) is 13.9 Å². The number of ether oxygens (including phenoxy) is 2. The number of benzene rings is 2. The van der Waals surface area contributed by atoms with Crippen LogP contribution in [-0.2, 0) is 9.53 Å². The highest BCUT2D eigenvalue weighted by Gasteiger charge is 2.35. The number of hydrogen-bond donors (Lipinski definition) is 0. The Morgan fingerprint density at radius 1 is 1.07 bits per heavy atom. The normalized spacial score (nSPS) is 15.6. The molecule has 0 spiro atoms. The summed E-state index contributed by atoms with van der Waals surface area (Å²) in [7, 11) is 1.60. The molecule has 0 saturated carbocycles. The first-order valence-electron chi connectivity index (χ1n) is 9.45. The van der Waals surface area contributed by atoms with E-state index >= 15 is 0 Å². The maximum absolute atomic E-state index is 12.8. The maximum atomic E-state index is 12.8. The fourth-order valence-electron chi connectivity index (χ4n) is 3.25. The summed E-state index contributed by atoms with van der Waals surface area (Å²) in [6.07, 6.45) is 2.04. The van der Waals surface area contributed by atoms with E-state index in [1.165, 1.54) is 5.01 Å². The van der Waals surface area contributed by atoms with Gasteiger partial charge in [-0.15, -0.1) is 0 Å². The molecular formula is C23H20N2O5. The molecule has 2 heterocycles. The van der Waals surface area contributed by atoms with Crippen LogP contribution < -0.4 is 4.74 Å². The van der Waals surface area contributed by atoms with Gasteiger partial charge in [-0.3, -0.25) is 4.79 Å². The van der Waals surface area contributed by atoms with Crippen molar-refractivity contribution in [3.8, 4) is 5.75 Å². The van der Waals surface area contributed by atoms with Gasteiger partial charge in [0.25, 0.3) is 5.91 Å². The van der Waals surface area contributed by atoms with Gasteiger partial charge < -0.3 is 13.9 Å². The zero-order valence-corrected chi connectivity index (χ0v) is 16.4. The predicted octanol–water partition coefficient (Wildman–Crippen LogP) is 3.82. The Hall–Kier alpha value is -3.87. The molecule has 152 valence electrons. The van der Waals surface area contributed by atoms with Crippen LogP contribution in [0.4, 0.5) is 0 Å². The van der Waals surface area contributed by atoms with Gasteiger partial charge in [0.2, 0.25) is 0 Å². The molecule has 0 fully saturated rings.